The Bertz CT molecular complexity index is 2620. The first-order chi connectivity index (χ1) is 31.8. The Morgan fingerprint density at radius 3 is 1.20 bits per heavy atom. The second-order valence-corrected chi connectivity index (χ2v) is 15.9. The maximum absolute atomic E-state index is 13.7. The van der Waals surface area contributed by atoms with Crippen LogP contribution in [0.3, 0.4) is 0 Å². The quantitative estimate of drug-likeness (QED) is 0.0713. The smallest absolute Gasteiger partial charge is 0.276 e. The van der Waals surface area contributed by atoms with Gasteiger partial charge in [0.15, 0.2) is 11.4 Å². The summed E-state index contributed by atoms with van der Waals surface area (Å²) in [6.07, 6.45) is 7.25. The van der Waals surface area contributed by atoms with Crippen molar-refractivity contribution in [2.75, 3.05) is 26.2 Å². The summed E-state index contributed by atoms with van der Waals surface area (Å²) in [5.41, 5.74) is -0.901. The van der Waals surface area contributed by atoms with Crippen LogP contribution in [0.5, 0.6) is 11.8 Å². The number of amides is 2. The molecule has 0 radical (unpaired) electrons. The molecule has 5 aromatic rings. The molecule has 342 valence electrons. The maximum Gasteiger partial charge on any atom is 0.276 e. The third kappa shape index (κ3) is 11.1. The molecule has 2 aromatic heterocycles. The van der Waals surface area contributed by atoms with Crippen LogP contribution >= 0.6 is 0 Å². The fourth-order valence-corrected chi connectivity index (χ4v) is 7.26. The molecule has 3 aromatic carbocycles. The van der Waals surface area contributed by atoms with Crippen LogP contribution in [0.4, 0.5) is 22.7 Å². The molecule has 66 heavy (non-hydrogen) atoms. The van der Waals surface area contributed by atoms with Crippen molar-refractivity contribution in [3.8, 4) is 35.3 Å². The van der Waals surface area contributed by atoms with E-state index in [9.17, 15) is 39.9 Å². The zero-order valence-corrected chi connectivity index (χ0v) is 38.4. The fourth-order valence-electron chi connectivity index (χ4n) is 7.26. The van der Waals surface area contributed by atoms with Crippen molar-refractivity contribution in [1.82, 2.24) is 18.9 Å². The van der Waals surface area contributed by atoms with Gasteiger partial charge in [-0.2, -0.15) is 20.8 Å². The molecule has 0 saturated heterocycles. The standard InChI is InChI=1S/C50H56N10O6/c1-7-11-25-57(26-12-8-2)45(61)35-17-15-19-37(29-35)53-55-43-33(5)41(31-51)47(63)59(49(43)65)39-21-23-40(24-22-39)60-48(64)42(32-52)34(6)44(50(60)66)56-54-38-20-16-18-36(30-38)46(62)58(27-13-9-3)28-14-10-4/h15-24,29-30,65-66H,7-14,25-28H2,1-6H3/b55-53+,56-54+. The number of hydrogen-bond donors (Lipinski definition) is 2. The molecule has 0 unspecified atom stereocenters. The minimum Gasteiger partial charge on any atom is -0.493 e. The average Bonchev–Trinajstić information content (AvgIpc) is 3.32. The number of nitriles is 2. The highest BCUT2D eigenvalue weighted by atomic mass is 16.3. The van der Waals surface area contributed by atoms with Crippen molar-refractivity contribution >= 4 is 34.6 Å². The van der Waals surface area contributed by atoms with Crippen LogP contribution in [0.15, 0.2) is 103 Å². The SMILES string of the molecule is CCCCN(CCCC)C(=O)c1cccc(/N=N/c2c(C)c(C#N)c(=O)n(-c3ccc(-n4c(O)c(/N=N/c5cccc(C(=O)N(CCCC)CCCC)c5)c(C)c(C#N)c4=O)cc3)c2O)c1. The molecule has 0 aliphatic carbocycles. The van der Waals surface area contributed by atoms with Crippen LogP contribution in [-0.4, -0.2) is 67.1 Å². The van der Waals surface area contributed by atoms with Crippen LogP contribution in [0, 0.1) is 36.5 Å². The third-order valence-corrected chi connectivity index (χ3v) is 11.1. The lowest BCUT2D eigenvalue weighted by molar-refractivity contribution is 0.0743. The number of nitrogens with zero attached hydrogens (tertiary/aromatic N) is 10. The van der Waals surface area contributed by atoms with Crippen molar-refractivity contribution in [2.45, 2.75) is 92.9 Å². The van der Waals surface area contributed by atoms with Gasteiger partial charge in [0.2, 0.25) is 11.8 Å². The minimum absolute atomic E-state index is 0.0681. The molecule has 2 heterocycles. The lowest BCUT2D eigenvalue weighted by Crippen LogP contribution is -2.32. The third-order valence-electron chi connectivity index (χ3n) is 11.1. The van der Waals surface area contributed by atoms with Gasteiger partial charge < -0.3 is 20.0 Å². The van der Waals surface area contributed by atoms with Gasteiger partial charge in [0.25, 0.3) is 22.9 Å². The van der Waals surface area contributed by atoms with Gasteiger partial charge in [-0.25, -0.2) is 9.13 Å². The topological polar surface area (TPSA) is 222 Å². The van der Waals surface area contributed by atoms with Crippen LogP contribution in [-0.2, 0) is 0 Å². The van der Waals surface area contributed by atoms with E-state index in [0.717, 1.165) is 60.5 Å². The van der Waals surface area contributed by atoms with Gasteiger partial charge in [-0.3, -0.25) is 19.2 Å². The summed E-state index contributed by atoms with van der Waals surface area (Å²) in [4.78, 5) is 58.0. The minimum atomic E-state index is -0.851. The molecule has 0 saturated carbocycles. The first-order valence-electron chi connectivity index (χ1n) is 22.4. The second-order valence-electron chi connectivity index (χ2n) is 15.9. The van der Waals surface area contributed by atoms with Crippen molar-refractivity contribution in [3.05, 3.63) is 127 Å². The van der Waals surface area contributed by atoms with E-state index in [4.69, 9.17) is 0 Å². The van der Waals surface area contributed by atoms with Gasteiger partial charge in [-0.1, -0.05) is 65.5 Å². The molecular formula is C50H56N10O6. The molecular weight excluding hydrogens is 837 g/mol. The summed E-state index contributed by atoms with van der Waals surface area (Å²) in [5.74, 6) is -1.53. The van der Waals surface area contributed by atoms with Crippen LogP contribution in [0.1, 0.15) is 122 Å². The summed E-state index contributed by atoms with van der Waals surface area (Å²) >= 11 is 0. The maximum atomic E-state index is 13.7. The number of aromatic nitrogens is 2. The molecule has 0 bridgehead atoms. The van der Waals surface area contributed by atoms with Gasteiger partial charge in [-0.15, -0.1) is 10.2 Å². The summed E-state index contributed by atoms with van der Waals surface area (Å²) < 4.78 is 1.74. The first-order valence-corrected chi connectivity index (χ1v) is 22.4. The number of unbranched alkanes of at least 4 members (excludes halogenated alkanes) is 4. The molecule has 16 nitrogen and oxygen atoms in total. The largest absolute Gasteiger partial charge is 0.493 e. The summed E-state index contributed by atoms with van der Waals surface area (Å²) in [5, 5.41) is 60.3. The monoisotopic (exact) mass is 892 g/mol. The zero-order chi connectivity index (χ0) is 47.9. The summed E-state index contributed by atoms with van der Waals surface area (Å²) in [6, 6.07) is 22.5. The molecule has 0 fully saturated rings. The zero-order valence-electron chi connectivity index (χ0n) is 38.4. The Labute approximate surface area is 384 Å². The Morgan fingerprint density at radius 1 is 0.561 bits per heavy atom. The Hall–Kier alpha value is -7.72. The summed E-state index contributed by atoms with van der Waals surface area (Å²) in [7, 11) is 0. The van der Waals surface area contributed by atoms with E-state index >= 15 is 0 Å². The van der Waals surface area contributed by atoms with Crippen LogP contribution < -0.4 is 11.1 Å². The lowest BCUT2D eigenvalue weighted by Gasteiger charge is -2.22. The van der Waals surface area contributed by atoms with Crippen molar-refractivity contribution in [1.29, 1.82) is 10.5 Å². The highest BCUT2D eigenvalue weighted by Gasteiger charge is 2.24. The fraction of sp³-hybridized carbons (Fsp3) is 0.360. The van der Waals surface area contributed by atoms with Crippen LogP contribution in [0.2, 0.25) is 0 Å². The van der Waals surface area contributed by atoms with Gasteiger partial charge in [-0.05, 0) is 100 Å². The number of hydrogen-bond acceptors (Lipinski definition) is 12. The highest BCUT2D eigenvalue weighted by molar-refractivity contribution is 5.95. The van der Waals surface area contributed by atoms with Gasteiger partial charge in [0.05, 0.1) is 22.7 Å². The van der Waals surface area contributed by atoms with E-state index < -0.39 is 22.9 Å². The highest BCUT2D eigenvalue weighted by Crippen LogP contribution is 2.36. The van der Waals surface area contributed by atoms with Crippen molar-refractivity contribution < 1.29 is 19.8 Å². The average molecular weight is 893 g/mol. The number of pyridine rings is 2. The predicted octanol–water partition coefficient (Wildman–Crippen LogP) is 10.7. The van der Waals surface area contributed by atoms with E-state index in [1.807, 2.05) is 21.9 Å². The molecule has 0 aliphatic rings. The van der Waals surface area contributed by atoms with Gasteiger partial charge in [0, 0.05) is 48.4 Å². The molecule has 0 aliphatic heterocycles. The molecule has 2 N–H and O–H groups in total. The van der Waals surface area contributed by atoms with Gasteiger partial charge in [0.1, 0.15) is 23.3 Å². The number of carbonyl (C=O) groups is 2. The number of rotatable bonds is 20. The Kier molecular flexibility index (Phi) is 17.4. The van der Waals surface area contributed by atoms with Crippen molar-refractivity contribution in [3.63, 3.8) is 0 Å². The van der Waals surface area contributed by atoms with E-state index in [1.165, 1.54) is 38.1 Å². The normalized spacial score (nSPS) is 11.2. The number of azo groups is 2. The second kappa shape index (κ2) is 23.3. The molecule has 2 amide bonds. The Morgan fingerprint density at radius 2 is 0.894 bits per heavy atom. The molecule has 16 heteroatoms. The molecule has 0 atom stereocenters. The van der Waals surface area contributed by atoms with E-state index in [0.29, 0.717) is 48.7 Å². The van der Waals surface area contributed by atoms with E-state index in [1.54, 1.807) is 48.5 Å². The summed E-state index contributed by atoms with van der Waals surface area (Å²) in [6.45, 7) is 13.7. The van der Waals surface area contributed by atoms with Crippen LogP contribution in [0.25, 0.3) is 11.4 Å². The van der Waals surface area contributed by atoms with E-state index in [-0.39, 0.29) is 56.8 Å². The number of aromatic hydroxyl groups is 2. The Balaban J connectivity index is 1.50. The van der Waals surface area contributed by atoms with Crippen molar-refractivity contribution in [2.24, 2.45) is 20.5 Å². The number of benzene rings is 3. The van der Waals surface area contributed by atoms with E-state index in [2.05, 4.69) is 48.2 Å². The first kappa shape index (κ1) is 49.3. The molecule has 0 spiro atoms. The number of carbonyl (C=O) groups excluding carboxylic acids is 2. The predicted molar refractivity (Wildman–Crippen MR) is 253 cm³/mol. The van der Waals surface area contributed by atoms with Gasteiger partial charge >= 0.3 is 0 Å². The lowest BCUT2D eigenvalue weighted by atomic mass is 10.1. The molecule has 5 rings (SSSR count).